The van der Waals surface area contributed by atoms with Gasteiger partial charge in [0.1, 0.15) is 0 Å². The molecule has 0 aliphatic heterocycles. The molecule has 0 aliphatic carbocycles. The lowest BCUT2D eigenvalue weighted by Gasteiger charge is -2.12. The van der Waals surface area contributed by atoms with E-state index in [9.17, 15) is 8.42 Å². The molecule has 0 saturated carbocycles. The summed E-state index contributed by atoms with van der Waals surface area (Å²) < 4.78 is 26.3. The van der Waals surface area contributed by atoms with Crippen LogP contribution in [0.4, 0.5) is 5.69 Å². The minimum atomic E-state index is -3.29. The van der Waals surface area contributed by atoms with Gasteiger partial charge in [0.15, 0.2) is 0 Å². The van der Waals surface area contributed by atoms with Crippen LogP contribution in [0.5, 0.6) is 0 Å². The summed E-state index contributed by atoms with van der Waals surface area (Å²) in [5.74, 6) is 0. The van der Waals surface area contributed by atoms with Crippen LogP contribution in [-0.2, 0) is 10.0 Å². The van der Waals surface area contributed by atoms with E-state index < -0.39 is 15.3 Å². The molecule has 0 aromatic heterocycles. The number of anilines is 1. The van der Waals surface area contributed by atoms with Crippen molar-refractivity contribution in [2.75, 3.05) is 4.72 Å². The van der Waals surface area contributed by atoms with Gasteiger partial charge in [-0.2, -0.15) is 0 Å². The fourth-order valence-electron chi connectivity index (χ4n) is 1.59. The Morgan fingerprint density at radius 3 is 2.35 bits per heavy atom. The molecule has 0 bridgehead atoms. The van der Waals surface area contributed by atoms with E-state index in [4.69, 9.17) is 0 Å². The molecule has 17 heavy (non-hydrogen) atoms. The summed E-state index contributed by atoms with van der Waals surface area (Å²) >= 11 is 0. The van der Waals surface area contributed by atoms with Crippen LogP contribution in [0, 0.1) is 0 Å². The monoisotopic (exact) mass is 249 g/mol. The second-order valence-electron chi connectivity index (χ2n) is 4.22. The zero-order chi connectivity index (χ0) is 12.5. The highest BCUT2D eigenvalue weighted by atomic mass is 32.2. The second-order valence-corrected chi connectivity index (χ2v) is 6.46. The van der Waals surface area contributed by atoms with Crippen LogP contribution in [-0.4, -0.2) is 13.7 Å². The van der Waals surface area contributed by atoms with Crippen LogP contribution < -0.4 is 4.72 Å². The van der Waals surface area contributed by atoms with E-state index in [1.54, 1.807) is 19.9 Å². The molecule has 0 spiro atoms. The van der Waals surface area contributed by atoms with Crippen molar-refractivity contribution in [1.82, 2.24) is 0 Å². The fraction of sp³-hybridized carbons (Fsp3) is 0.231. The Morgan fingerprint density at radius 1 is 1.00 bits per heavy atom. The molecule has 3 nitrogen and oxygen atoms in total. The predicted molar refractivity (Wildman–Crippen MR) is 71.6 cm³/mol. The number of benzene rings is 2. The maximum Gasteiger partial charge on any atom is 0.235 e. The van der Waals surface area contributed by atoms with Crippen molar-refractivity contribution in [2.45, 2.75) is 19.1 Å². The van der Waals surface area contributed by atoms with E-state index in [0.29, 0.717) is 5.69 Å². The summed E-state index contributed by atoms with van der Waals surface area (Å²) in [6.45, 7) is 3.32. The summed E-state index contributed by atoms with van der Waals surface area (Å²) in [5, 5.41) is 1.50. The zero-order valence-electron chi connectivity index (χ0n) is 9.84. The highest BCUT2D eigenvalue weighted by molar-refractivity contribution is 7.93. The van der Waals surface area contributed by atoms with Gasteiger partial charge < -0.3 is 0 Å². The van der Waals surface area contributed by atoms with Gasteiger partial charge in [0.05, 0.1) is 10.9 Å². The molecule has 0 amide bonds. The normalized spacial score (nSPS) is 11.9. The molecule has 0 saturated heterocycles. The van der Waals surface area contributed by atoms with Gasteiger partial charge >= 0.3 is 0 Å². The van der Waals surface area contributed by atoms with Gasteiger partial charge in [0, 0.05) is 5.39 Å². The lowest BCUT2D eigenvalue weighted by atomic mass is 10.1. The lowest BCUT2D eigenvalue weighted by molar-refractivity contribution is 0.593. The molecule has 0 heterocycles. The van der Waals surface area contributed by atoms with Gasteiger partial charge in [-0.25, -0.2) is 8.42 Å². The van der Waals surface area contributed by atoms with Crippen molar-refractivity contribution in [3.05, 3.63) is 42.5 Å². The Hall–Kier alpha value is -1.55. The van der Waals surface area contributed by atoms with Crippen molar-refractivity contribution in [3.8, 4) is 0 Å². The molecule has 2 aromatic rings. The zero-order valence-corrected chi connectivity index (χ0v) is 10.7. The first-order valence-electron chi connectivity index (χ1n) is 5.50. The molecule has 0 atom stereocenters. The topological polar surface area (TPSA) is 46.2 Å². The maximum atomic E-state index is 11.8. The Kier molecular flexibility index (Phi) is 3.07. The minimum absolute atomic E-state index is 0.443. The molecule has 2 rings (SSSR count). The maximum absolute atomic E-state index is 11.8. The van der Waals surface area contributed by atoms with Crippen molar-refractivity contribution < 1.29 is 8.42 Å². The molecule has 1 N–H and O–H groups in total. The first kappa shape index (κ1) is 11.9. The number of sulfonamides is 1. The van der Waals surface area contributed by atoms with E-state index in [1.165, 1.54) is 0 Å². The summed E-state index contributed by atoms with van der Waals surface area (Å²) in [6.07, 6.45) is 0. The number of nitrogens with one attached hydrogen (secondary N) is 1. The number of fused-ring (bicyclic) bond motifs is 1. The Balaban J connectivity index is 2.50. The van der Waals surface area contributed by atoms with Gasteiger partial charge in [0.25, 0.3) is 0 Å². The average molecular weight is 249 g/mol. The van der Waals surface area contributed by atoms with E-state index in [0.717, 1.165) is 10.8 Å². The van der Waals surface area contributed by atoms with Gasteiger partial charge in [-0.05, 0) is 25.3 Å². The molecule has 0 aliphatic rings. The SMILES string of the molecule is CC(C)S(=O)(=O)Nc1cccc2ccccc12. The van der Waals surface area contributed by atoms with Crippen molar-refractivity contribution in [2.24, 2.45) is 0 Å². The summed E-state index contributed by atoms with van der Waals surface area (Å²) in [4.78, 5) is 0. The van der Waals surface area contributed by atoms with Gasteiger partial charge in [-0.3, -0.25) is 4.72 Å². The number of hydrogen-bond donors (Lipinski definition) is 1. The largest absolute Gasteiger partial charge is 0.283 e. The molecule has 90 valence electrons. The van der Waals surface area contributed by atoms with E-state index >= 15 is 0 Å². The third kappa shape index (κ3) is 2.42. The summed E-state index contributed by atoms with van der Waals surface area (Å²) in [5.41, 5.74) is 0.636. The van der Waals surface area contributed by atoms with Crippen molar-refractivity contribution in [1.29, 1.82) is 0 Å². The smallest absolute Gasteiger partial charge is 0.235 e. The summed E-state index contributed by atoms with van der Waals surface area (Å²) in [6, 6.07) is 13.3. The molecule has 0 unspecified atom stereocenters. The van der Waals surface area contributed by atoms with Crippen LogP contribution in [0.2, 0.25) is 0 Å². The molecular weight excluding hydrogens is 234 g/mol. The Labute approximate surface area is 102 Å². The molecule has 4 heteroatoms. The van der Waals surface area contributed by atoms with Gasteiger partial charge in [0.2, 0.25) is 10.0 Å². The highest BCUT2D eigenvalue weighted by Gasteiger charge is 2.16. The van der Waals surface area contributed by atoms with Crippen molar-refractivity contribution in [3.63, 3.8) is 0 Å². The fourth-order valence-corrected chi connectivity index (χ4v) is 2.31. The van der Waals surface area contributed by atoms with Crippen molar-refractivity contribution >= 4 is 26.5 Å². The molecule has 2 aromatic carbocycles. The van der Waals surface area contributed by atoms with Crippen LogP contribution in [0.3, 0.4) is 0 Å². The van der Waals surface area contributed by atoms with Crippen LogP contribution in [0.25, 0.3) is 10.8 Å². The quantitative estimate of drug-likeness (QED) is 0.909. The Bertz CT molecular complexity index is 627. The third-order valence-electron chi connectivity index (χ3n) is 2.66. The van der Waals surface area contributed by atoms with E-state index in [2.05, 4.69) is 4.72 Å². The third-order valence-corrected chi connectivity index (χ3v) is 4.41. The van der Waals surface area contributed by atoms with Crippen LogP contribution >= 0.6 is 0 Å². The highest BCUT2D eigenvalue weighted by Crippen LogP contribution is 2.24. The first-order valence-corrected chi connectivity index (χ1v) is 7.05. The van der Waals surface area contributed by atoms with E-state index in [1.807, 2.05) is 36.4 Å². The Morgan fingerprint density at radius 2 is 1.65 bits per heavy atom. The molecule has 0 radical (unpaired) electrons. The van der Waals surface area contributed by atoms with Crippen LogP contribution in [0.15, 0.2) is 42.5 Å². The summed E-state index contributed by atoms with van der Waals surface area (Å²) in [7, 11) is -3.29. The molecular formula is C13H15NO2S. The molecule has 0 fully saturated rings. The van der Waals surface area contributed by atoms with Gasteiger partial charge in [-0.1, -0.05) is 36.4 Å². The van der Waals surface area contributed by atoms with Gasteiger partial charge in [-0.15, -0.1) is 0 Å². The first-order chi connectivity index (χ1) is 8.00. The van der Waals surface area contributed by atoms with Crippen LogP contribution in [0.1, 0.15) is 13.8 Å². The lowest BCUT2D eigenvalue weighted by Crippen LogP contribution is -2.22. The number of rotatable bonds is 3. The standard InChI is InChI=1S/C13H15NO2S/c1-10(2)17(15,16)14-13-9-5-7-11-6-3-4-8-12(11)13/h3-10,14H,1-2H3. The van der Waals surface area contributed by atoms with E-state index in [-0.39, 0.29) is 0 Å². The predicted octanol–water partition coefficient (Wildman–Crippen LogP) is 2.99. The second kappa shape index (κ2) is 4.37. The number of hydrogen-bond acceptors (Lipinski definition) is 2. The average Bonchev–Trinajstić information content (AvgIpc) is 2.29. The minimum Gasteiger partial charge on any atom is -0.283 e.